The third-order valence-corrected chi connectivity index (χ3v) is 3.16. The Morgan fingerprint density at radius 2 is 1.94 bits per heavy atom. The van der Waals surface area contributed by atoms with Gasteiger partial charge in [-0.25, -0.2) is 4.98 Å². The van der Waals surface area contributed by atoms with Crippen molar-refractivity contribution < 1.29 is 0 Å². The summed E-state index contributed by atoms with van der Waals surface area (Å²) in [6.45, 7) is 4.04. The van der Waals surface area contributed by atoms with E-state index in [1.807, 2.05) is 13.0 Å². The highest BCUT2D eigenvalue weighted by Crippen LogP contribution is 2.22. The zero-order valence-corrected chi connectivity index (χ0v) is 9.74. The summed E-state index contributed by atoms with van der Waals surface area (Å²) < 4.78 is 0. The number of pyridine rings is 1. The van der Waals surface area contributed by atoms with Crippen molar-refractivity contribution in [3.63, 3.8) is 0 Å². The van der Waals surface area contributed by atoms with Crippen molar-refractivity contribution in [2.45, 2.75) is 32.6 Å². The van der Waals surface area contributed by atoms with E-state index in [9.17, 15) is 5.26 Å². The van der Waals surface area contributed by atoms with Gasteiger partial charge in [0.2, 0.25) is 0 Å². The minimum atomic E-state index is 0.740. The molecule has 3 heteroatoms. The molecule has 0 N–H and O–H groups in total. The van der Waals surface area contributed by atoms with Gasteiger partial charge in [-0.3, -0.25) is 0 Å². The topological polar surface area (TPSA) is 39.9 Å². The van der Waals surface area contributed by atoms with E-state index < -0.39 is 0 Å². The van der Waals surface area contributed by atoms with Gasteiger partial charge >= 0.3 is 0 Å². The smallest absolute Gasteiger partial charge is 0.146 e. The van der Waals surface area contributed by atoms with E-state index >= 15 is 0 Å². The van der Waals surface area contributed by atoms with Gasteiger partial charge in [-0.2, -0.15) is 5.26 Å². The predicted octanol–water partition coefficient (Wildman–Crippen LogP) is 2.64. The van der Waals surface area contributed by atoms with Gasteiger partial charge in [0.15, 0.2) is 0 Å². The van der Waals surface area contributed by atoms with Crippen LogP contribution < -0.4 is 4.90 Å². The van der Waals surface area contributed by atoms with Crippen LogP contribution in [0.5, 0.6) is 0 Å². The first-order chi connectivity index (χ1) is 7.83. The number of anilines is 1. The van der Waals surface area contributed by atoms with Crippen molar-refractivity contribution in [2.24, 2.45) is 0 Å². The first kappa shape index (κ1) is 10.9. The van der Waals surface area contributed by atoms with Crippen LogP contribution in [0, 0.1) is 18.3 Å². The summed E-state index contributed by atoms with van der Waals surface area (Å²) in [6.07, 6.45) is 6.81. The first-order valence-corrected chi connectivity index (χ1v) is 5.93. The number of aromatic nitrogens is 1. The second-order valence-corrected chi connectivity index (χ2v) is 4.34. The highest BCUT2D eigenvalue weighted by molar-refractivity contribution is 5.57. The normalized spacial score (nSPS) is 16.6. The Bertz CT molecular complexity index is 398. The Morgan fingerprint density at radius 3 is 2.56 bits per heavy atom. The maximum absolute atomic E-state index is 9.18. The van der Waals surface area contributed by atoms with E-state index in [0.29, 0.717) is 0 Å². The van der Waals surface area contributed by atoms with Crippen LogP contribution in [0.1, 0.15) is 36.8 Å². The summed E-state index contributed by atoms with van der Waals surface area (Å²) in [5, 5.41) is 9.18. The Balaban J connectivity index is 2.31. The lowest BCUT2D eigenvalue weighted by molar-refractivity contribution is 0.726. The third-order valence-electron chi connectivity index (χ3n) is 3.16. The first-order valence-electron chi connectivity index (χ1n) is 5.93. The van der Waals surface area contributed by atoms with E-state index in [-0.39, 0.29) is 0 Å². The minimum Gasteiger partial charge on any atom is -0.356 e. The van der Waals surface area contributed by atoms with Crippen LogP contribution in [0.15, 0.2) is 12.3 Å². The Labute approximate surface area is 96.7 Å². The molecule has 0 spiro atoms. The summed E-state index contributed by atoms with van der Waals surface area (Å²) in [4.78, 5) is 6.64. The highest BCUT2D eigenvalue weighted by atomic mass is 15.2. The summed E-state index contributed by atoms with van der Waals surface area (Å²) in [5.74, 6) is 0.879. The monoisotopic (exact) mass is 215 g/mol. The zero-order valence-electron chi connectivity index (χ0n) is 9.74. The van der Waals surface area contributed by atoms with Crippen LogP contribution in [-0.4, -0.2) is 18.1 Å². The van der Waals surface area contributed by atoms with Crippen molar-refractivity contribution >= 4 is 5.82 Å². The van der Waals surface area contributed by atoms with Gasteiger partial charge in [0.25, 0.3) is 0 Å². The molecule has 0 unspecified atom stereocenters. The molecule has 0 radical (unpaired) electrons. The molecular weight excluding hydrogens is 198 g/mol. The molecule has 1 aliphatic heterocycles. The molecule has 2 heterocycles. The lowest BCUT2D eigenvalue weighted by Gasteiger charge is -2.22. The molecular formula is C13H17N3. The second kappa shape index (κ2) is 4.98. The van der Waals surface area contributed by atoms with Gasteiger partial charge in [-0.1, -0.05) is 12.8 Å². The summed E-state index contributed by atoms with van der Waals surface area (Å²) >= 11 is 0. The molecule has 3 nitrogen and oxygen atoms in total. The highest BCUT2D eigenvalue weighted by Gasteiger charge is 2.15. The molecule has 0 atom stereocenters. The fraction of sp³-hybridized carbons (Fsp3) is 0.538. The maximum atomic E-state index is 9.18. The molecule has 0 aliphatic carbocycles. The van der Waals surface area contributed by atoms with Crippen LogP contribution in [0.4, 0.5) is 5.82 Å². The van der Waals surface area contributed by atoms with Crippen LogP contribution in [-0.2, 0) is 0 Å². The number of aryl methyl sites for hydroxylation is 1. The number of nitriles is 1. The number of hydrogen-bond acceptors (Lipinski definition) is 3. The summed E-state index contributed by atoms with van der Waals surface area (Å²) in [7, 11) is 0. The van der Waals surface area contributed by atoms with Crippen LogP contribution in [0.2, 0.25) is 0 Å². The standard InChI is InChI=1S/C13H17N3/c1-11-6-7-15-13(12(11)10-14)16-8-4-2-3-5-9-16/h6-7H,2-5,8-9H2,1H3. The fourth-order valence-electron chi connectivity index (χ4n) is 2.20. The number of hydrogen-bond donors (Lipinski definition) is 0. The van der Waals surface area contributed by atoms with E-state index in [1.54, 1.807) is 6.20 Å². The second-order valence-electron chi connectivity index (χ2n) is 4.34. The molecule has 1 aliphatic rings. The van der Waals surface area contributed by atoms with Crippen LogP contribution >= 0.6 is 0 Å². The van der Waals surface area contributed by atoms with E-state index in [1.165, 1.54) is 25.7 Å². The third kappa shape index (κ3) is 2.16. The molecule has 1 aromatic heterocycles. The quantitative estimate of drug-likeness (QED) is 0.723. The zero-order chi connectivity index (χ0) is 11.4. The van der Waals surface area contributed by atoms with Gasteiger partial charge in [-0.05, 0) is 31.4 Å². The molecule has 1 aromatic rings. The van der Waals surface area contributed by atoms with E-state index in [2.05, 4.69) is 16.0 Å². The summed E-state index contributed by atoms with van der Waals surface area (Å²) in [6, 6.07) is 4.18. The molecule has 0 aromatic carbocycles. The molecule has 0 bridgehead atoms. The maximum Gasteiger partial charge on any atom is 0.146 e. The lowest BCUT2D eigenvalue weighted by Crippen LogP contribution is -2.26. The van der Waals surface area contributed by atoms with Gasteiger partial charge in [0.05, 0.1) is 5.56 Å². The molecule has 0 amide bonds. The van der Waals surface area contributed by atoms with Gasteiger partial charge in [0.1, 0.15) is 11.9 Å². The van der Waals surface area contributed by atoms with Crippen molar-refractivity contribution in [3.05, 3.63) is 23.4 Å². The molecule has 0 saturated carbocycles. The Kier molecular flexibility index (Phi) is 3.40. The molecule has 16 heavy (non-hydrogen) atoms. The van der Waals surface area contributed by atoms with Crippen molar-refractivity contribution in [1.29, 1.82) is 5.26 Å². The van der Waals surface area contributed by atoms with Crippen molar-refractivity contribution in [3.8, 4) is 6.07 Å². The average Bonchev–Trinajstić information content (AvgIpc) is 2.57. The Hall–Kier alpha value is -1.56. The van der Waals surface area contributed by atoms with Gasteiger partial charge in [-0.15, -0.1) is 0 Å². The molecule has 1 fully saturated rings. The molecule has 2 rings (SSSR count). The molecule has 84 valence electrons. The van der Waals surface area contributed by atoms with Gasteiger partial charge in [0, 0.05) is 19.3 Å². The average molecular weight is 215 g/mol. The van der Waals surface area contributed by atoms with Crippen LogP contribution in [0.3, 0.4) is 0 Å². The Morgan fingerprint density at radius 1 is 1.25 bits per heavy atom. The fourth-order valence-corrected chi connectivity index (χ4v) is 2.20. The largest absolute Gasteiger partial charge is 0.356 e. The van der Waals surface area contributed by atoms with Crippen molar-refractivity contribution in [1.82, 2.24) is 4.98 Å². The predicted molar refractivity (Wildman–Crippen MR) is 64.4 cm³/mol. The lowest BCUT2D eigenvalue weighted by atomic mass is 10.1. The summed E-state index contributed by atoms with van der Waals surface area (Å²) in [5.41, 5.74) is 1.76. The SMILES string of the molecule is Cc1ccnc(N2CCCCCC2)c1C#N. The molecule has 1 saturated heterocycles. The number of nitrogens with zero attached hydrogens (tertiary/aromatic N) is 3. The van der Waals surface area contributed by atoms with E-state index in [0.717, 1.165) is 30.0 Å². The minimum absolute atomic E-state index is 0.740. The van der Waals surface area contributed by atoms with Gasteiger partial charge < -0.3 is 4.90 Å². The van der Waals surface area contributed by atoms with Crippen LogP contribution in [0.25, 0.3) is 0 Å². The number of rotatable bonds is 1. The van der Waals surface area contributed by atoms with Crippen molar-refractivity contribution in [2.75, 3.05) is 18.0 Å². The van der Waals surface area contributed by atoms with E-state index in [4.69, 9.17) is 0 Å².